The number of non-ortho nitro benzene ring substituents is 1. The SMILES string of the molecule is C/C(=N/NC(=S)N[C@@H]1CCCC[C@H]1C)c1cccc([N+](=O)[O-])c1. The molecule has 1 fully saturated rings. The fraction of sp³-hybridized carbons (Fsp3) is 0.500. The van der Waals surface area contributed by atoms with E-state index in [1.54, 1.807) is 19.1 Å². The number of hydrogen-bond donors (Lipinski definition) is 2. The predicted octanol–water partition coefficient (Wildman–Crippen LogP) is 3.36. The number of hydrogen-bond acceptors (Lipinski definition) is 4. The molecule has 23 heavy (non-hydrogen) atoms. The third-order valence-electron chi connectivity index (χ3n) is 4.23. The van der Waals surface area contributed by atoms with E-state index in [2.05, 4.69) is 22.8 Å². The third-order valence-corrected chi connectivity index (χ3v) is 4.44. The minimum atomic E-state index is -0.416. The molecule has 0 amide bonds. The van der Waals surface area contributed by atoms with Crippen molar-refractivity contribution in [1.82, 2.24) is 10.7 Å². The zero-order valence-corrected chi connectivity index (χ0v) is 14.2. The standard InChI is InChI=1S/C16H22N4O2S/c1-11-6-3-4-9-15(11)17-16(23)19-18-12(2)13-7-5-8-14(10-13)20(21)22/h5,7-8,10-11,15H,3-4,6,9H2,1-2H3,(H2,17,19,23)/b18-12-/t11-,15-/m1/s1. The van der Waals surface area contributed by atoms with Gasteiger partial charge < -0.3 is 5.32 Å². The van der Waals surface area contributed by atoms with Crippen LogP contribution >= 0.6 is 12.2 Å². The molecule has 0 saturated heterocycles. The Hall–Kier alpha value is -2.02. The molecule has 0 unspecified atom stereocenters. The van der Waals surface area contributed by atoms with Crippen LogP contribution in [0.2, 0.25) is 0 Å². The summed E-state index contributed by atoms with van der Waals surface area (Å²) in [5, 5.41) is 18.8. The van der Waals surface area contributed by atoms with Crippen LogP contribution in [0.3, 0.4) is 0 Å². The average Bonchev–Trinajstić information content (AvgIpc) is 2.55. The van der Waals surface area contributed by atoms with Crippen LogP contribution in [0.1, 0.15) is 45.1 Å². The summed E-state index contributed by atoms with van der Waals surface area (Å²) in [5.74, 6) is 0.602. The highest BCUT2D eigenvalue weighted by molar-refractivity contribution is 7.80. The summed E-state index contributed by atoms with van der Waals surface area (Å²) in [6.45, 7) is 4.02. The van der Waals surface area contributed by atoms with Crippen molar-refractivity contribution >= 4 is 28.7 Å². The van der Waals surface area contributed by atoms with Gasteiger partial charge in [-0.1, -0.05) is 31.9 Å². The molecular formula is C16H22N4O2S. The van der Waals surface area contributed by atoms with Crippen molar-refractivity contribution in [2.24, 2.45) is 11.0 Å². The first-order valence-corrected chi connectivity index (χ1v) is 8.24. The van der Waals surface area contributed by atoms with Crippen LogP contribution in [0.25, 0.3) is 0 Å². The second kappa shape index (κ2) is 8.01. The van der Waals surface area contributed by atoms with E-state index in [0.29, 0.717) is 28.3 Å². The Morgan fingerprint density at radius 2 is 2.13 bits per heavy atom. The van der Waals surface area contributed by atoms with Crippen LogP contribution in [0.15, 0.2) is 29.4 Å². The largest absolute Gasteiger partial charge is 0.358 e. The lowest BCUT2D eigenvalue weighted by atomic mass is 9.86. The van der Waals surface area contributed by atoms with Crippen LogP contribution in [0.5, 0.6) is 0 Å². The van der Waals surface area contributed by atoms with Gasteiger partial charge in [-0.05, 0) is 37.9 Å². The smallest absolute Gasteiger partial charge is 0.270 e. The summed E-state index contributed by atoms with van der Waals surface area (Å²) in [7, 11) is 0. The van der Waals surface area contributed by atoms with Crippen molar-refractivity contribution < 1.29 is 4.92 Å². The van der Waals surface area contributed by atoms with Crippen molar-refractivity contribution in [1.29, 1.82) is 0 Å². The van der Waals surface area contributed by atoms with Crippen LogP contribution in [-0.4, -0.2) is 21.8 Å². The zero-order valence-electron chi connectivity index (χ0n) is 13.4. The molecule has 1 aliphatic carbocycles. The lowest BCUT2D eigenvalue weighted by molar-refractivity contribution is -0.384. The molecule has 0 aromatic heterocycles. The van der Waals surface area contributed by atoms with Crippen molar-refractivity contribution in [3.05, 3.63) is 39.9 Å². The van der Waals surface area contributed by atoms with E-state index in [1.807, 2.05) is 0 Å². The molecule has 0 bridgehead atoms. The predicted molar refractivity (Wildman–Crippen MR) is 95.6 cm³/mol. The Labute approximate surface area is 141 Å². The van der Waals surface area contributed by atoms with E-state index in [9.17, 15) is 10.1 Å². The maximum atomic E-state index is 10.8. The first-order chi connectivity index (χ1) is 11.0. The van der Waals surface area contributed by atoms with E-state index >= 15 is 0 Å². The molecule has 2 N–H and O–H groups in total. The summed E-state index contributed by atoms with van der Waals surface area (Å²) >= 11 is 5.29. The van der Waals surface area contributed by atoms with Crippen molar-refractivity contribution in [3.63, 3.8) is 0 Å². The molecule has 1 aliphatic rings. The number of benzene rings is 1. The normalized spacial score (nSPS) is 21.6. The van der Waals surface area contributed by atoms with Crippen LogP contribution < -0.4 is 10.7 Å². The summed E-state index contributed by atoms with van der Waals surface area (Å²) in [5.41, 5.74) is 4.23. The van der Waals surface area contributed by atoms with Crippen LogP contribution in [-0.2, 0) is 0 Å². The maximum absolute atomic E-state index is 10.8. The van der Waals surface area contributed by atoms with Gasteiger partial charge >= 0.3 is 0 Å². The van der Waals surface area contributed by atoms with E-state index in [-0.39, 0.29) is 5.69 Å². The van der Waals surface area contributed by atoms with Gasteiger partial charge in [-0.3, -0.25) is 15.5 Å². The number of hydrazone groups is 1. The molecule has 0 radical (unpaired) electrons. The number of nitrogens with zero attached hydrogens (tertiary/aromatic N) is 2. The number of rotatable bonds is 4. The van der Waals surface area contributed by atoms with Gasteiger partial charge in [0.05, 0.1) is 10.6 Å². The van der Waals surface area contributed by atoms with E-state index in [0.717, 1.165) is 6.42 Å². The third kappa shape index (κ3) is 4.99. The van der Waals surface area contributed by atoms with E-state index in [1.165, 1.54) is 31.4 Å². The second-order valence-corrected chi connectivity index (χ2v) is 6.37. The molecular weight excluding hydrogens is 312 g/mol. The highest BCUT2D eigenvalue weighted by Crippen LogP contribution is 2.23. The van der Waals surface area contributed by atoms with Gasteiger partial charge in [0.25, 0.3) is 5.69 Å². The van der Waals surface area contributed by atoms with Crippen LogP contribution in [0.4, 0.5) is 5.69 Å². The number of nitro groups is 1. The van der Waals surface area contributed by atoms with Crippen molar-refractivity contribution in [3.8, 4) is 0 Å². The highest BCUT2D eigenvalue weighted by Gasteiger charge is 2.21. The van der Waals surface area contributed by atoms with Gasteiger partial charge in [-0.15, -0.1) is 0 Å². The van der Waals surface area contributed by atoms with Gasteiger partial charge in [0.2, 0.25) is 0 Å². The topological polar surface area (TPSA) is 79.6 Å². The minimum absolute atomic E-state index is 0.0498. The average molecular weight is 334 g/mol. The number of nitrogens with one attached hydrogen (secondary N) is 2. The summed E-state index contributed by atoms with van der Waals surface area (Å²) < 4.78 is 0. The van der Waals surface area contributed by atoms with Gasteiger partial charge in [-0.2, -0.15) is 5.10 Å². The first-order valence-electron chi connectivity index (χ1n) is 7.83. The Bertz CT molecular complexity index is 618. The minimum Gasteiger partial charge on any atom is -0.358 e. The lowest BCUT2D eigenvalue weighted by Crippen LogP contribution is -2.44. The molecule has 7 heteroatoms. The maximum Gasteiger partial charge on any atom is 0.270 e. The molecule has 2 atom stereocenters. The molecule has 1 aromatic rings. The van der Waals surface area contributed by atoms with Crippen LogP contribution in [0, 0.1) is 16.0 Å². The molecule has 1 aromatic carbocycles. The molecule has 0 heterocycles. The van der Waals surface area contributed by atoms with Gasteiger partial charge in [-0.25, -0.2) is 0 Å². The van der Waals surface area contributed by atoms with Gasteiger partial charge in [0, 0.05) is 23.7 Å². The first kappa shape index (κ1) is 17.3. The fourth-order valence-electron chi connectivity index (χ4n) is 2.78. The monoisotopic (exact) mass is 334 g/mol. The van der Waals surface area contributed by atoms with E-state index < -0.39 is 4.92 Å². The fourth-order valence-corrected chi connectivity index (χ4v) is 2.97. The Morgan fingerprint density at radius 1 is 1.39 bits per heavy atom. The Morgan fingerprint density at radius 3 is 2.83 bits per heavy atom. The lowest BCUT2D eigenvalue weighted by Gasteiger charge is -2.30. The van der Waals surface area contributed by atoms with Gasteiger partial charge in [0.1, 0.15) is 0 Å². The van der Waals surface area contributed by atoms with E-state index in [4.69, 9.17) is 12.2 Å². The summed E-state index contributed by atoms with van der Waals surface area (Å²) in [6, 6.07) is 6.78. The second-order valence-electron chi connectivity index (χ2n) is 5.96. The number of thiocarbonyl (C=S) groups is 1. The van der Waals surface area contributed by atoms with Crippen molar-refractivity contribution in [2.45, 2.75) is 45.6 Å². The van der Waals surface area contributed by atoms with Gasteiger partial charge in [0.15, 0.2) is 5.11 Å². The Balaban J connectivity index is 1.94. The molecule has 0 aliphatic heterocycles. The van der Waals surface area contributed by atoms with Crippen molar-refractivity contribution in [2.75, 3.05) is 0 Å². The highest BCUT2D eigenvalue weighted by atomic mass is 32.1. The quantitative estimate of drug-likeness (QED) is 0.382. The zero-order chi connectivity index (χ0) is 16.8. The Kier molecular flexibility index (Phi) is 6.04. The summed E-state index contributed by atoms with van der Waals surface area (Å²) in [4.78, 5) is 10.4. The molecule has 2 rings (SSSR count). The molecule has 124 valence electrons. The summed E-state index contributed by atoms with van der Waals surface area (Å²) in [6.07, 6.45) is 4.84. The molecule has 1 saturated carbocycles. The molecule has 6 nitrogen and oxygen atoms in total. The molecule has 0 spiro atoms. The number of nitro benzene ring substituents is 1.